The minimum atomic E-state index is 0.0147. The molecule has 1 atom stereocenters. The maximum absolute atomic E-state index is 12.1. The van der Waals surface area contributed by atoms with Crippen LogP contribution in [0.1, 0.15) is 43.9 Å². The van der Waals surface area contributed by atoms with E-state index >= 15 is 0 Å². The second-order valence-electron chi connectivity index (χ2n) is 6.01. The number of methoxy groups -OCH3 is 1. The molecule has 1 N–H and O–H groups in total. The number of aryl methyl sites for hydroxylation is 1. The van der Waals surface area contributed by atoms with Crippen LogP contribution in [0.4, 0.5) is 0 Å². The van der Waals surface area contributed by atoms with E-state index in [2.05, 4.69) is 36.5 Å². The van der Waals surface area contributed by atoms with Crippen molar-refractivity contribution < 1.29 is 14.3 Å². The van der Waals surface area contributed by atoms with Crippen molar-refractivity contribution >= 4 is 5.91 Å². The van der Waals surface area contributed by atoms with Crippen LogP contribution < -0.4 is 14.8 Å². The van der Waals surface area contributed by atoms with Crippen LogP contribution in [0, 0.1) is 0 Å². The number of nitrogens with one attached hydrogen (secondary N) is 1. The molecule has 4 nitrogen and oxygen atoms in total. The van der Waals surface area contributed by atoms with Crippen molar-refractivity contribution in [1.29, 1.82) is 0 Å². The van der Waals surface area contributed by atoms with Crippen LogP contribution in [0.2, 0.25) is 0 Å². The predicted molar refractivity (Wildman–Crippen MR) is 100 cm³/mol. The van der Waals surface area contributed by atoms with Gasteiger partial charge in [0.05, 0.1) is 19.8 Å². The number of benzene rings is 2. The van der Waals surface area contributed by atoms with Gasteiger partial charge in [-0.1, -0.05) is 31.2 Å². The molecular formula is C21H27NO3. The summed E-state index contributed by atoms with van der Waals surface area (Å²) in [5.41, 5.74) is 2.43. The lowest BCUT2D eigenvalue weighted by atomic mass is 10.0. The van der Waals surface area contributed by atoms with Gasteiger partial charge in [-0.25, -0.2) is 0 Å². The van der Waals surface area contributed by atoms with E-state index in [-0.39, 0.29) is 11.9 Å². The predicted octanol–water partition coefficient (Wildman–Crippen LogP) is 4.29. The normalized spacial score (nSPS) is 11.6. The molecule has 0 aromatic heterocycles. The summed E-state index contributed by atoms with van der Waals surface area (Å²) in [7, 11) is 1.63. The van der Waals surface area contributed by atoms with Gasteiger partial charge in [-0.15, -0.1) is 0 Å². The van der Waals surface area contributed by atoms with Crippen molar-refractivity contribution in [2.24, 2.45) is 0 Å². The van der Waals surface area contributed by atoms with E-state index in [0.717, 1.165) is 23.5 Å². The summed E-state index contributed by atoms with van der Waals surface area (Å²) in [4.78, 5) is 12.1. The highest BCUT2D eigenvalue weighted by Crippen LogP contribution is 2.17. The molecule has 4 heteroatoms. The zero-order valence-electron chi connectivity index (χ0n) is 15.2. The second-order valence-corrected chi connectivity index (χ2v) is 6.01. The SMILES string of the molecule is CCc1ccc(C(C)NC(=O)CCCOc2ccc(OC)cc2)cc1. The molecule has 0 fully saturated rings. The van der Waals surface area contributed by atoms with Gasteiger partial charge in [-0.05, 0) is 55.2 Å². The molecule has 2 aromatic rings. The third-order valence-corrected chi connectivity index (χ3v) is 4.14. The van der Waals surface area contributed by atoms with Crippen LogP contribution in [0.5, 0.6) is 11.5 Å². The largest absolute Gasteiger partial charge is 0.497 e. The lowest BCUT2D eigenvalue weighted by Crippen LogP contribution is -2.26. The molecule has 0 bridgehead atoms. The number of ether oxygens (including phenoxy) is 2. The fraction of sp³-hybridized carbons (Fsp3) is 0.381. The first-order valence-corrected chi connectivity index (χ1v) is 8.77. The maximum Gasteiger partial charge on any atom is 0.220 e. The minimum absolute atomic E-state index is 0.0147. The third-order valence-electron chi connectivity index (χ3n) is 4.14. The van der Waals surface area contributed by atoms with Gasteiger partial charge in [-0.2, -0.15) is 0 Å². The number of carbonyl (C=O) groups is 1. The highest BCUT2D eigenvalue weighted by molar-refractivity contribution is 5.76. The Morgan fingerprint density at radius 2 is 1.68 bits per heavy atom. The number of hydrogen-bond donors (Lipinski definition) is 1. The summed E-state index contributed by atoms with van der Waals surface area (Å²) in [6.45, 7) is 4.65. The highest BCUT2D eigenvalue weighted by Gasteiger charge is 2.09. The zero-order valence-corrected chi connectivity index (χ0v) is 15.2. The highest BCUT2D eigenvalue weighted by atomic mass is 16.5. The summed E-state index contributed by atoms with van der Waals surface area (Å²) in [5, 5.41) is 3.04. The standard InChI is InChI=1S/C21H27NO3/c1-4-17-7-9-18(10-8-17)16(2)22-21(23)6-5-15-25-20-13-11-19(24-3)12-14-20/h7-14,16H,4-6,15H2,1-3H3,(H,22,23). The Kier molecular flexibility index (Phi) is 7.33. The van der Waals surface area contributed by atoms with Crippen LogP contribution in [0.25, 0.3) is 0 Å². The fourth-order valence-electron chi connectivity index (χ4n) is 2.53. The molecule has 25 heavy (non-hydrogen) atoms. The topological polar surface area (TPSA) is 47.6 Å². The Morgan fingerprint density at radius 1 is 1.04 bits per heavy atom. The smallest absolute Gasteiger partial charge is 0.220 e. The van der Waals surface area contributed by atoms with Crippen LogP contribution in [0.15, 0.2) is 48.5 Å². The van der Waals surface area contributed by atoms with Crippen molar-refractivity contribution in [3.05, 3.63) is 59.7 Å². The number of amides is 1. The molecule has 1 amide bonds. The van der Waals surface area contributed by atoms with Crippen molar-refractivity contribution in [1.82, 2.24) is 5.32 Å². The van der Waals surface area contributed by atoms with Crippen LogP contribution in [-0.4, -0.2) is 19.6 Å². The summed E-state index contributed by atoms with van der Waals surface area (Å²) in [6, 6.07) is 15.8. The monoisotopic (exact) mass is 341 g/mol. The van der Waals surface area contributed by atoms with Crippen LogP contribution in [0.3, 0.4) is 0 Å². The number of carbonyl (C=O) groups excluding carboxylic acids is 1. The molecule has 0 radical (unpaired) electrons. The van der Waals surface area contributed by atoms with E-state index in [1.807, 2.05) is 31.2 Å². The van der Waals surface area contributed by atoms with Crippen LogP contribution >= 0.6 is 0 Å². The van der Waals surface area contributed by atoms with Gasteiger partial charge in [0.2, 0.25) is 5.91 Å². The molecular weight excluding hydrogens is 314 g/mol. The molecule has 0 aliphatic carbocycles. The van der Waals surface area contributed by atoms with E-state index in [0.29, 0.717) is 19.4 Å². The van der Waals surface area contributed by atoms with Gasteiger partial charge in [0.25, 0.3) is 0 Å². The lowest BCUT2D eigenvalue weighted by Gasteiger charge is -2.15. The van der Waals surface area contributed by atoms with Crippen molar-refractivity contribution in [3.8, 4) is 11.5 Å². The Morgan fingerprint density at radius 3 is 2.28 bits per heavy atom. The van der Waals surface area contributed by atoms with E-state index in [1.165, 1.54) is 5.56 Å². The first kappa shape index (κ1) is 18.8. The summed E-state index contributed by atoms with van der Waals surface area (Å²) >= 11 is 0. The average molecular weight is 341 g/mol. The van der Waals surface area contributed by atoms with Gasteiger partial charge >= 0.3 is 0 Å². The molecule has 134 valence electrons. The number of hydrogen-bond acceptors (Lipinski definition) is 3. The molecule has 0 heterocycles. The first-order valence-electron chi connectivity index (χ1n) is 8.77. The van der Waals surface area contributed by atoms with E-state index in [4.69, 9.17) is 9.47 Å². The molecule has 0 saturated carbocycles. The van der Waals surface area contributed by atoms with E-state index < -0.39 is 0 Å². The van der Waals surface area contributed by atoms with Gasteiger partial charge in [0.15, 0.2) is 0 Å². The van der Waals surface area contributed by atoms with Gasteiger partial charge in [0, 0.05) is 6.42 Å². The van der Waals surface area contributed by atoms with Gasteiger partial charge in [0.1, 0.15) is 11.5 Å². The molecule has 1 unspecified atom stereocenters. The van der Waals surface area contributed by atoms with Crippen molar-refractivity contribution in [2.75, 3.05) is 13.7 Å². The minimum Gasteiger partial charge on any atom is -0.497 e. The second kappa shape index (κ2) is 9.72. The molecule has 0 spiro atoms. The molecule has 0 saturated heterocycles. The Labute approximate surface area is 150 Å². The van der Waals surface area contributed by atoms with Gasteiger partial charge in [-0.3, -0.25) is 4.79 Å². The maximum atomic E-state index is 12.1. The Bertz CT molecular complexity index is 650. The Hall–Kier alpha value is -2.49. The molecule has 0 aliphatic heterocycles. The Balaban J connectivity index is 1.68. The zero-order chi connectivity index (χ0) is 18.1. The van der Waals surface area contributed by atoms with Crippen molar-refractivity contribution in [3.63, 3.8) is 0 Å². The molecule has 2 rings (SSSR count). The summed E-state index contributed by atoms with van der Waals surface area (Å²) in [6.07, 6.45) is 2.15. The fourth-order valence-corrected chi connectivity index (χ4v) is 2.53. The quantitative estimate of drug-likeness (QED) is 0.692. The summed E-state index contributed by atoms with van der Waals surface area (Å²) < 4.78 is 10.7. The lowest BCUT2D eigenvalue weighted by molar-refractivity contribution is -0.121. The molecule has 2 aromatic carbocycles. The van der Waals surface area contributed by atoms with Crippen molar-refractivity contribution in [2.45, 2.75) is 39.2 Å². The van der Waals surface area contributed by atoms with E-state index in [9.17, 15) is 4.79 Å². The van der Waals surface area contributed by atoms with Gasteiger partial charge < -0.3 is 14.8 Å². The third kappa shape index (κ3) is 6.14. The van der Waals surface area contributed by atoms with E-state index in [1.54, 1.807) is 7.11 Å². The average Bonchev–Trinajstić information content (AvgIpc) is 2.65. The number of rotatable bonds is 9. The van der Waals surface area contributed by atoms with Crippen LogP contribution in [-0.2, 0) is 11.2 Å². The summed E-state index contributed by atoms with van der Waals surface area (Å²) in [5.74, 6) is 1.63. The molecule has 0 aliphatic rings. The first-order chi connectivity index (χ1) is 12.1.